The van der Waals surface area contributed by atoms with Crippen LogP contribution in [-0.2, 0) is 0 Å². The minimum Gasteiger partial charge on any atom is -0.325 e. The first-order chi connectivity index (χ1) is 8.20. The number of rotatable bonds is 1. The molecule has 0 radical (unpaired) electrons. The number of fused-ring (bicyclic) bond motifs is 2. The molecular weight excluding hydrogens is 206 g/mol. The van der Waals surface area contributed by atoms with E-state index in [-0.39, 0.29) is 5.54 Å². The lowest BCUT2D eigenvalue weighted by Gasteiger charge is -2.64. The van der Waals surface area contributed by atoms with Gasteiger partial charge >= 0.3 is 0 Å². The second kappa shape index (κ2) is 3.50. The van der Waals surface area contributed by atoms with Gasteiger partial charge in [0, 0.05) is 5.54 Å². The Hall–Kier alpha value is -0.0400. The molecule has 0 spiro atoms. The summed E-state index contributed by atoms with van der Waals surface area (Å²) in [6, 6.07) is 0. The van der Waals surface area contributed by atoms with Crippen LogP contribution in [0.15, 0.2) is 0 Å². The summed E-state index contributed by atoms with van der Waals surface area (Å²) in [5.74, 6) is 5.87. The Labute approximate surface area is 106 Å². The van der Waals surface area contributed by atoms with Crippen LogP contribution in [0.3, 0.4) is 0 Å². The molecule has 17 heavy (non-hydrogen) atoms. The van der Waals surface area contributed by atoms with Crippen LogP contribution in [0.5, 0.6) is 0 Å². The molecule has 4 aliphatic rings. The predicted molar refractivity (Wildman–Crippen MR) is 70.5 cm³/mol. The summed E-state index contributed by atoms with van der Waals surface area (Å²) in [5.41, 5.74) is 7.24. The summed E-state index contributed by atoms with van der Waals surface area (Å²) in [6.07, 6.45) is 11.8. The summed E-state index contributed by atoms with van der Waals surface area (Å²) >= 11 is 0. The summed E-state index contributed by atoms with van der Waals surface area (Å²) in [6.45, 7) is 2.38. The minimum absolute atomic E-state index is 0.248. The first-order valence-electron chi connectivity index (χ1n) is 7.99. The molecule has 0 aromatic heterocycles. The molecule has 7 atom stereocenters. The van der Waals surface area contributed by atoms with E-state index < -0.39 is 0 Å². The van der Waals surface area contributed by atoms with E-state index >= 15 is 0 Å². The second-order valence-electron chi connectivity index (χ2n) is 7.70. The van der Waals surface area contributed by atoms with Crippen molar-refractivity contribution in [1.82, 2.24) is 0 Å². The van der Waals surface area contributed by atoms with Gasteiger partial charge in [-0.05, 0) is 74.0 Å². The van der Waals surface area contributed by atoms with Crippen molar-refractivity contribution in [3.8, 4) is 0 Å². The van der Waals surface area contributed by atoms with Crippen molar-refractivity contribution in [2.24, 2.45) is 41.2 Å². The largest absolute Gasteiger partial charge is 0.325 e. The van der Waals surface area contributed by atoms with Gasteiger partial charge in [0.25, 0.3) is 0 Å². The molecule has 0 saturated heterocycles. The van der Waals surface area contributed by atoms with Gasteiger partial charge in [0.05, 0.1) is 0 Å². The third-order valence-corrected chi connectivity index (χ3v) is 7.10. The highest BCUT2D eigenvalue weighted by atomic mass is 14.8. The van der Waals surface area contributed by atoms with E-state index in [2.05, 4.69) is 6.92 Å². The summed E-state index contributed by atoms with van der Waals surface area (Å²) < 4.78 is 0. The van der Waals surface area contributed by atoms with Crippen LogP contribution in [0.2, 0.25) is 0 Å². The maximum Gasteiger partial charge on any atom is 0.0216 e. The summed E-state index contributed by atoms with van der Waals surface area (Å²) in [7, 11) is 0. The van der Waals surface area contributed by atoms with Crippen molar-refractivity contribution in [1.29, 1.82) is 0 Å². The third kappa shape index (κ3) is 1.35. The molecule has 1 nitrogen and oxygen atoms in total. The molecule has 0 amide bonds. The normalized spacial score (nSPS) is 60.4. The molecule has 0 aliphatic heterocycles. The van der Waals surface area contributed by atoms with Gasteiger partial charge in [-0.15, -0.1) is 0 Å². The van der Waals surface area contributed by atoms with E-state index in [1.807, 2.05) is 0 Å². The average Bonchev–Trinajstić information content (AvgIpc) is 2.35. The fourth-order valence-corrected chi connectivity index (χ4v) is 6.49. The first kappa shape index (κ1) is 10.8. The van der Waals surface area contributed by atoms with Gasteiger partial charge in [0.2, 0.25) is 0 Å². The molecule has 4 fully saturated rings. The molecular formula is C16H27N. The van der Waals surface area contributed by atoms with Gasteiger partial charge in [-0.2, -0.15) is 0 Å². The molecule has 0 aromatic carbocycles. The number of hydrogen-bond acceptors (Lipinski definition) is 1. The molecule has 4 bridgehead atoms. The summed E-state index contributed by atoms with van der Waals surface area (Å²) in [4.78, 5) is 0. The zero-order valence-corrected chi connectivity index (χ0v) is 11.2. The van der Waals surface area contributed by atoms with E-state index in [1.165, 1.54) is 44.9 Å². The molecule has 4 aliphatic carbocycles. The topological polar surface area (TPSA) is 26.0 Å². The third-order valence-electron chi connectivity index (χ3n) is 7.10. The van der Waals surface area contributed by atoms with Crippen molar-refractivity contribution in [3.63, 3.8) is 0 Å². The minimum atomic E-state index is 0.248. The first-order valence-corrected chi connectivity index (χ1v) is 7.99. The zero-order valence-electron chi connectivity index (χ0n) is 11.2. The highest BCUT2D eigenvalue weighted by Crippen LogP contribution is 2.62. The monoisotopic (exact) mass is 233 g/mol. The van der Waals surface area contributed by atoms with E-state index in [1.54, 1.807) is 6.42 Å². The quantitative estimate of drug-likeness (QED) is 0.736. The van der Waals surface area contributed by atoms with Crippen LogP contribution >= 0.6 is 0 Å². The van der Waals surface area contributed by atoms with Crippen LogP contribution in [0.4, 0.5) is 0 Å². The van der Waals surface area contributed by atoms with E-state index in [9.17, 15) is 0 Å². The van der Waals surface area contributed by atoms with Gasteiger partial charge in [0.15, 0.2) is 0 Å². The maximum atomic E-state index is 6.99. The van der Waals surface area contributed by atoms with Gasteiger partial charge in [-0.1, -0.05) is 19.8 Å². The van der Waals surface area contributed by atoms with Crippen LogP contribution in [-0.4, -0.2) is 5.54 Å². The predicted octanol–water partition coefficient (Wildman–Crippen LogP) is 3.58. The lowest BCUT2D eigenvalue weighted by Crippen LogP contribution is -2.66. The highest BCUT2D eigenvalue weighted by molar-refractivity contribution is 5.12. The van der Waals surface area contributed by atoms with Crippen molar-refractivity contribution < 1.29 is 0 Å². The Morgan fingerprint density at radius 3 is 2.76 bits per heavy atom. The Kier molecular flexibility index (Phi) is 2.23. The lowest BCUT2D eigenvalue weighted by molar-refractivity contribution is -0.107. The van der Waals surface area contributed by atoms with Crippen molar-refractivity contribution in [3.05, 3.63) is 0 Å². The van der Waals surface area contributed by atoms with Gasteiger partial charge in [0.1, 0.15) is 0 Å². The zero-order chi connectivity index (χ0) is 11.6. The van der Waals surface area contributed by atoms with Crippen LogP contribution in [0.1, 0.15) is 58.3 Å². The Morgan fingerprint density at radius 2 is 1.94 bits per heavy atom. The maximum absolute atomic E-state index is 6.99. The highest BCUT2D eigenvalue weighted by Gasteiger charge is 2.58. The molecule has 96 valence electrons. The molecule has 7 unspecified atom stereocenters. The number of hydrogen-bond donors (Lipinski definition) is 1. The molecule has 4 rings (SSSR count). The smallest absolute Gasteiger partial charge is 0.0216 e. The SMILES string of the molecule is CCC1CC2CC3CCC4CC3C(C2)C1(N)C4. The fourth-order valence-electron chi connectivity index (χ4n) is 6.49. The fraction of sp³-hybridized carbons (Fsp3) is 1.00. The average molecular weight is 233 g/mol. The van der Waals surface area contributed by atoms with Gasteiger partial charge < -0.3 is 5.73 Å². The Balaban J connectivity index is 1.76. The second-order valence-corrected chi connectivity index (χ2v) is 7.70. The van der Waals surface area contributed by atoms with Gasteiger partial charge in [-0.3, -0.25) is 0 Å². The molecule has 4 saturated carbocycles. The Morgan fingerprint density at radius 1 is 1.06 bits per heavy atom. The Bertz CT molecular complexity index is 323. The molecule has 2 N–H and O–H groups in total. The molecule has 0 heterocycles. The molecule has 1 heteroatoms. The summed E-state index contributed by atoms with van der Waals surface area (Å²) in [5, 5.41) is 0. The lowest BCUT2D eigenvalue weighted by atomic mass is 9.44. The van der Waals surface area contributed by atoms with Crippen LogP contribution < -0.4 is 5.73 Å². The number of nitrogens with two attached hydrogens (primary N) is 1. The van der Waals surface area contributed by atoms with Crippen molar-refractivity contribution in [2.45, 2.75) is 63.8 Å². The van der Waals surface area contributed by atoms with E-state index in [0.717, 1.165) is 35.5 Å². The van der Waals surface area contributed by atoms with E-state index in [4.69, 9.17) is 5.73 Å². The van der Waals surface area contributed by atoms with Crippen LogP contribution in [0.25, 0.3) is 0 Å². The van der Waals surface area contributed by atoms with Gasteiger partial charge in [-0.25, -0.2) is 0 Å². The van der Waals surface area contributed by atoms with Crippen LogP contribution in [0, 0.1) is 35.5 Å². The van der Waals surface area contributed by atoms with Crippen molar-refractivity contribution >= 4 is 0 Å². The standard InChI is InChI=1S/C16H27N/c1-2-13-6-11-5-12-4-3-10-7-14(12)15(8-11)16(13,17)9-10/h10-15H,2-9,17H2,1H3. The molecule has 0 aromatic rings. The van der Waals surface area contributed by atoms with Crippen molar-refractivity contribution in [2.75, 3.05) is 0 Å². The van der Waals surface area contributed by atoms with E-state index in [0.29, 0.717) is 0 Å².